The van der Waals surface area contributed by atoms with Gasteiger partial charge in [0, 0.05) is 20.6 Å². The smallest absolute Gasteiger partial charge is 0.356 e. The average molecular weight is 566 g/mol. The lowest BCUT2D eigenvalue weighted by atomic mass is 10.1. The summed E-state index contributed by atoms with van der Waals surface area (Å²) in [5, 5.41) is 5.96. The zero-order valence-electron chi connectivity index (χ0n) is 18.1. The summed E-state index contributed by atoms with van der Waals surface area (Å²) in [6, 6.07) is 9.49. The van der Waals surface area contributed by atoms with Gasteiger partial charge in [-0.3, -0.25) is 4.79 Å². The van der Waals surface area contributed by atoms with E-state index >= 15 is 0 Å². The molecule has 0 aromatic heterocycles. The number of halogens is 5. The Morgan fingerprint density at radius 3 is 2.44 bits per heavy atom. The SMILES string of the molecule is Cc1cc(F)ccc1CCNC(=NCc1cccc(C(F)(F)F)c1)NCC(=O)N(C)C.I. The second kappa shape index (κ2) is 12.6. The van der Waals surface area contributed by atoms with Gasteiger partial charge in [-0.25, -0.2) is 9.38 Å². The minimum Gasteiger partial charge on any atom is -0.356 e. The third-order valence-corrected chi connectivity index (χ3v) is 4.57. The molecule has 2 N–H and O–H groups in total. The number of amides is 1. The molecule has 0 unspecified atom stereocenters. The van der Waals surface area contributed by atoms with Crippen molar-refractivity contribution in [3.63, 3.8) is 0 Å². The molecule has 0 spiro atoms. The first-order valence-corrected chi connectivity index (χ1v) is 9.70. The van der Waals surface area contributed by atoms with Crippen molar-refractivity contribution in [3.05, 3.63) is 70.5 Å². The van der Waals surface area contributed by atoms with E-state index in [1.807, 2.05) is 6.92 Å². The quantitative estimate of drug-likeness (QED) is 0.230. The Morgan fingerprint density at radius 2 is 1.81 bits per heavy atom. The Hall–Kier alpha value is -2.37. The van der Waals surface area contributed by atoms with Crippen molar-refractivity contribution in [3.8, 4) is 0 Å². The van der Waals surface area contributed by atoms with Crippen LogP contribution in [0.2, 0.25) is 0 Å². The van der Waals surface area contributed by atoms with E-state index < -0.39 is 11.7 Å². The number of likely N-dealkylation sites (N-methyl/N-ethyl adjacent to an activating group) is 1. The highest BCUT2D eigenvalue weighted by Crippen LogP contribution is 2.29. The monoisotopic (exact) mass is 566 g/mol. The maximum atomic E-state index is 13.3. The summed E-state index contributed by atoms with van der Waals surface area (Å²) in [7, 11) is 3.24. The highest BCUT2D eigenvalue weighted by molar-refractivity contribution is 14.0. The summed E-state index contributed by atoms with van der Waals surface area (Å²) in [5.74, 6) is -0.184. The Bertz CT molecular complexity index is 932. The Labute approximate surface area is 202 Å². The van der Waals surface area contributed by atoms with Crippen molar-refractivity contribution in [1.82, 2.24) is 15.5 Å². The molecule has 176 valence electrons. The van der Waals surface area contributed by atoms with Gasteiger partial charge in [0.25, 0.3) is 0 Å². The first kappa shape index (κ1) is 27.7. The fraction of sp³-hybridized carbons (Fsp3) is 0.364. The number of hydrogen-bond acceptors (Lipinski definition) is 2. The highest BCUT2D eigenvalue weighted by Gasteiger charge is 2.30. The summed E-state index contributed by atoms with van der Waals surface area (Å²) in [5.41, 5.74) is 1.43. The van der Waals surface area contributed by atoms with E-state index in [0.29, 0.717) is 24.5 Å². The van der Waals surface area contributed by atoms with Crippen LogP contribution in [0.5, 0.6) is 0 Å². The second-order valence-corrected chi connectivity index (χ2v) is 7.25. The Morgan fingerprint density at radius 1 is 1.09 bits per heavy atom. The molecule has 0 saturated heterocycles. The van der Waals surface area contributed by atoms with Crippen molar-refractivity contribution in [2.45, 2.75) is 26.1 Å². The Kier molecular flexibility index (Phi) is 10.9. The number of nitrogens with one attached hydrogen (secondary N) is 2. The number of guanidine groups is 1. The summed E-state index contributed by atoms with van der Waals surface area (Å²) in [4.78, 5) is 17.6. The number of benzene rings is 2. The van der Waals surface area contributed by atoms with Crippen molar-refractivity contribution < 1.29 is 22.4 Å². The van der Waals surface area contributed by atoms with Gasteiger partial charge in [-0.05, 0) is 54.3 Å². The average Bonchev–Trinajstić information content (AvgIpc) is 2.70. The van der Waals surface area contributed by atoms with Gasteiger partial charge >= 0.3 is 6.18 Å². The molecule has 1 amide bonds. The summed E-state index contributed by atoms with van der Waals surface area (Å²) >= 11 is 0. The molecule has 0 aliphatic rings. The van der Waals surface area contributed by atoms with Crippen LogP contribution in [0.3, 0.4) is 0 Å². The fourth-order valence-electron chi connectivity index (χ4n) is 2.76. The normalized spacial score (nSPS) is 11.5. The number of alkyl halides is 3. The molecule has 5 nitrogen and oxygen atoms in total. The fourth-order valence-corrected chi connectivity index (χ4v) is 2.76. The van der Waals surface area contributed by atoms with Crippen LogP contribution in [-0.4, -0.2) is 44.0 Å². The highest BCUT2D eigenvalue weighted by atomic mass is 127. The number of nitrogens with zero attached hydrogens (tertiary/aromatic N) is 2. The van der Waals surface area contributed by atoms with Crippen LogP contribution in [-0.2, 0) is 23.9 Å². The van der Waals surface area contributed by atoms with E-state index in [2.05, 4.69) is 15.6 Å². The van der Waals surface area contributed by atoms with Crippen LogP contribution in [0.25, 0.3) is 0 Å². The third kappa shape index (κ3) is 9.01. The zero-order chi connectivity index (χ0) is 23.0. The van der Waals surface area contributed by atoms with E-state index in [4.69, 9.17) is 0 Å². The molecule has 0 bridgehead atoms. The maximum absolute atomic E-state index is 13.3. The van der Waals surface area contributed by atoms with Gasteiger partial charge in [0.2, 0.25) is 5.91 Å². The molecule has 0 atom stereocenters. The number of carbonyl (C=O) groups excluding carboxylic acids is 1. The van der Waals surface area contributed by atoms with Crippen LogP contribution in [0.15, 0.2) is 47.5 Å². The van der Waals surface area contributed by atoms with E-state index in [-0.39, 0.29) is 48.8 Å². The zero-order valence-corrected chi connectivity index (χ0v) is 20.4. The molecule has 2 aromatic rings. The van der Waals surface area contributed by atoms with Crippen LogP contribution >= 0.6 is 24.0 Å². The lowest BCUT2D eigenvalue weighted by Gasteiger charge is -2.15. The van der Waals surface area contributed by atoms with Crippen LogP contribution in [0, 0.1) is 12.7 Å². The standard InChI is InChI=1S/C22H26F4N4O.HI/c1-15-11-19(23)8-7-17(15)9-10-27-21(29-14-20(31)30(2)3)28-13-16-5-4-6-18(12-16)22(24,25)26;/h4-8,11-12H,9-10,13-14H2,1-3H3,(H2,27,28,29);1H. The minimum absolute atomic E-state index is 0. The largest absolute Gasteiger partial charge is 0.416 e. The summed E-state index contributed by atoms with van der Waals surface area (Å²) in [6.07, 6.45) is -3.85. The van der Waals surface area contributed by atoms with Crippen molar-refractivity contribution in [1.29, 1.82) is 0 Å². The lowest BCUT2D eigenvalue weighted by molar-refractivity contribution is -0.137. The molecule has 0 aliphatic heterocycles. The van der Waals surface area contributed by atoms with Gasteiger partial charge in [-0.1, -0.05) is 18.2 Å². The van der Waals surface area contributed by atoms with Crippen molar-refractivity contribution >= 4 is 35.8 Å². The van der Waals surface area contributed by atoms with Gasteiger partial charge in [0.1, 0.15) is 5.82 Å². The molecule has 2 aromatic carbocycles. The molecule has 0 fully saturated rings. The van der Waals surface area contributed by atoms with Crippen molar-refractivity contribution in [2.75, 3.05) is 27.2 Å². The van der Waals surface area contributed by atoms with Gasteiger partial charge in [-0.2, -0.15) is 13.2 Å². The van der Waals surface area contributed by atoms with E-state index in [1.54, 1.807) is 26.2 Å². The molecule has 2 rings (SSSR count). The molecule has 0 aliphatic carbocycles. The maximum Gasteiger partial charge on any atom is 0.416 e. The molecule has 0 saturated carbocycles. The first-order valence-electron chi connectivity index (χ1n) is 9.70. The van der Waals surface area contributed by atoms with Crippen LogP contribution < -0.4 is 10.6 Å². The first-order chi connectivity index (χ1) is 14.6. The predicted molar refractivity (Wildman–Crippen MR) is 128 cm³/mol. The van der Waals surface area contributed by atoms with Gasteiger partial charge in [0.05, 0.1) is 18.7 Å². The second-order valence-electron chi connectivity index (χ2n) is 7.25. The number of aliphatic imine (C=N–C) groups is 1. The molecular weight excluding hydrogens is 539 g/mol. The van der Waals surface area contributed by atoms with E-state index in [0.717, 1.165) is 23.3 Å². The van der Waals surface area contributed by atoms with E-state index in [9.17, 15) is 22.4 Å². The van der Waals surface area contributed by atoms with Crippen molar-refractivity contribution in [2.24, 2.45) is 4.99 Å². The van der Waals surface area contributed by atoms with Gasteiger partial charge < -0.3 is 15.5 Å². The summed E-state index contributed by atoms with van der Waals surface area (Å²) in [6.45, 7) is 2.24. The number of rotatable bonds is 7. The topological polar surface area (TPSA) is 56.7 Å². The molecule has 0 heterocycles. The number of aryl methyl sites for hydroxylation is 1. The predicted octanol–water partition coefficient (Wildman–Crippen LogP) is 4.14. The van der Waals surface area contributed by atoms with Crippen LogP contribution in [0.1, 0.15) is 22.3 Å². The van der Waals surface area contributed by atoms with Gasteiger partial charge in [-0.15, -0.1) is 24.0 Å². The Balaban J connectivity index is 0.00000512. The lowest BCUT2D eigenvalue weighted by Crippen LogP contribution is -2.43. The van der Waals surface area contributed by atoms with Gasteiger partial charge in [0.15, 0.2) is 5.96 Å². The molecular formula is C22H27F4IN4O. The number of carbonyl (C=O) groups is 1. The number of hydrogen-bond donors (Lipinski definition) is 2. The molecule has 10 heteroatoms. The third-order valence-electron chi connectivity index (χ3n) is 4.57. The minimum atomic E-state index is -4.43. The summed E-state index contributed by atoms with van der Waals surface area (Å²) < 4.78 is 52.0. The van der Waals surface area contributed by atoms with Crippen LogP contribution in [0.4, 0.5) is 17.6 Å². The van der Waals surface area contributed by atoms with E-state index in [1.165, 1.54) is 23.1 Å². The molecule has 0 radical (unpaired) electrons. The molecule has 32 heavy (non-hydrogen) atoms.